The molecule has 0 aliphatic carbocycles. The number of aliphatic hydroxyl groups excluding tert-OH is 1. The van der Waals surface area contributed by atoms with E-state index in [0.29, 0.717) is 38.9 Å². The molecule has 3 heterocycles. The molecule has 20 heteroatoms. The Kier molecular flexibility index (Phi) is 22.2. The second kappa shape index (κ2) is 27.2. The summed E-state index contributed by atoms with van der Waals surface area (Å²) < 4.78 is 20.6. The molecule has 2 aliphatic heterocycles. The highest BCUT2D eigenvalue weighted by Crippen LogP contribution is 2.38. The molecule has 368 valence electrons. The first-order valence-corrected chi connectivity index (χ1v) is 25.2. The second-order valence-corrected chi connectivity index (χ2v) is 19.3. The van der Waals surface area contributed by atoms with Crippen molar-refractivity contribution in [3.63, 3.8) is 0 Å². The van der Waals surface area contributed by atoms with E-state index in [0.717, 1.165) is 69.9 Å². The van der Waals surface area contributed by atoms with Gasteiger partial charge in [-0.15, -0.1) is 0 Å². The van der Waals surface area contributed by atoms with Crippen LogP contribution in [-0.4, -0.2) is 116 Å². The number of rotatable bonds is 19. The van der Waals surface area contributed by atoms with Crippen LogP contribution in [0.5, 0.6) is 0 Å². The number of phosphoric acid groups is 1. The maximum Gasteiger partial charge on any atom is 0.469 e. The van der Waals surface area contributed by atoms with E-state index >= 15 is 0 Å². The lowest BCUT2D eigenvalue weighted by atomic mass is 10.0. The average molecular weight is 946 g/mol. The summed E-state index contributed by atoms with van der Waals surface area (Å²) in [5.41, 5.74) is 2.07. The largest absolute Gasteiger partial charge is 0.469 e. The lowest BCUT2D eigenvalue weighted by Crippen LogP contribution is -2.61. The van der Waals surface area contributed by atoms with Gasteiger partial charge in [-0.2, -0.15) is 0 Å². The molecule has 2 aromatic rings. The highest BCUT2D eigenvalue weighted by molar-refractivity contribution is 7.46. The highest BCUT2D eigenvalue weighted by Gasteiger charge is 2.38. The zero-order valence-electron chi connectivity index (χ0n) is 39.1. The predicted molar refractivity (Wildman–Crippen MR) is 245 cm³/mol. The second-order valence-electron chi connectivity index (χ2n) is 18.1. The number of imidazole rings is 1. The van der Waals surface area contributed by atoms with Crippen LogP contribution in [0.3, 0.4) is 0 Å². The standard InChI is InChI=1S/C46H73N8O11P/c1-32(2)27-37(49-45(60)40-22-18-26-54(40)34(4)56)42(57)48-38-28-36-29-52(31-53(36)25-17-9-6-5-7-12-19-35-20-13-11-14-21-35)24-16-10-8-15-23-47-46(61)41(33(3)65-66(62,63)64)51-44(59)39(30-55)50-43(38)58/h11,13-14,20-21,29,31-33,37-41,55H,5-10,12,15-19,22-28,30H2,1-4H3,(H6-,47,48,49,50,51,57,58,59,60,61,62,63,64)/p+1/t33-,37+,38+,39+,40+,41+/m1/s1. The number of carbonyl (C=O) groups excluding carboxylic acids is 6. The summed E-state index contributed by atoms with van der Waals surface area (Å²) in [7, 11) is -5.11. The molecule has 8 N–H and O–H groups in total. The van der Waals surface area contributed by atoms with Crippen molar-refractivity contribution in [2.75, 3.05) is 19.7 Å². The lowest BCUT2D eigenvalue weighted by molar-refractivity contribution is -0.697. The number of phosphoric ester groups is 1. The van der Waals surface area contributed by atoms with Crippen LogP contribution in [0.25, 0.3) is 0 Å². The van der Waals surface area contributed by atoms with Crippen molar-refractivity contribution < 1.29 is 57.3 Å². The summed E-state index contributed by atoms with van der Waals surface area (Å²) in [5.74, 6) is -4.14. The van der Waals surface area contributed by atoms with Gasteiger partial charge in [0.15, 0.2) is 0 Å². The van der Waals surface area contributed by atoms with Crippen molar-refractivity contribution in [2.45, 2.75) is 173 Å². The van der Waals surface area contributed by atoms with Crippen LogP contribution < -0.4 is 31.2 Å². The van der Waals surface area contributed by atoms with Gasteiger partial charge in [-0.05, 0) is 82.6 Å². The number of carbonyl (C=O) groups is 6. The number of hydrogen-bond donors (Lipinski definition) is 8. The van der Waals surface area contributed by atoms with Gasteiger partial charge in [0.1, 0.15) is 42.1 Å². The van der Waals surface area contributed by atoms with Crippen molar-refractivity contribution in [1.82, 2.24) is 36.1 Å². The first-order valence-electron chi connectivity index (χ1n) is 23.7. The van der Waals surface area contributed by atoms with Gasteiger partial charge in [-0.25, -0.2) is 13.7 Å². The van der Waals surface area contributed by atoms with Crippen molar-refractivity contribution >= 4 is 43.3 Å². The highest BCUT2D eigenvalue weighted by atomic mass is 31.2. The third kappa shape index (κ3) is 18.2. The molecule has 0 radical (unpaired) electrons. The molecule has 66 heavy (non-hydrogen) atoms. The minimum absolute atomic E-state index is 0.0366. The van der Waals surface area contributed by atoms with Crippen molar-refractivity contribution in [2.24, 2.45) is 5.92 Å². The van der Waals surface area contributed by atoms with Crippen LogP contribution in [0.2, 0.25) is 0 Å². The van der Waals surface area contributed by atoms with E-state index in [9.17, 15) is 48.2 Å². The molecular weight excluding hydrogens is 872 g/mol. The van der Waals surface area contributed by atoms with Crippen LogP contribution >= 0.6 is 7.82 Å². The Labute approximate surface area is 388 Å². The molecule has 1 saturated heterocycles. The molecule has 1 fully saturated rings. The topological polar surface area (TPSA) is 262 Å². The first-order chi connectivity index (χ1) is 31.4. The average Bonchev–Trinajstić information content (AvgIpc) is 3.91. The van der Waals surface area contributed by atoms with Gasteiger partial charge in [0, 0.05) is 26.4 Å². The molecule has 0 spiro atoms. The number of aliphatic hydroxyl groups is 1. The normalized spacial score (nSPS) is 21.4. The lowest BCUT2D eigenvalue weighted by Gasteiger charge is -2.28. The maximum atomic E-state index is 14.4. The fraction of sp³-hybridized carbons (Fsp3) is 0.674. The number of benzene rings is 1. The van der Waals surface area contributed by atoms with Gasteiger partial charge >= 0.3 is 7.82 Å². The van der Waals surface area contributed by atoms with Gasteiger partial charge in [0.05, 0.1) is 25.8 Å². The Hall–Kier alpha value is -4.68. The number of aryl methyl sites for hydroxylation is 3. The Morgan fingerprint density at radius 1 is 0.909 bits per heavy atom. The van der Waals surface area contributed by atoms with E-state index in [1.807, 2.05) is 37.0 Å². The molecule has 6 atom stereocenters. The molecular formula is C46H74N8O11P+. The molecule has 0 saturated carbocycles. The van der Waals surface area contributed by atoms with Crippen LogP contribution in [0.4, 0.5) is 0 Å². The quantitative estimate of drug-likeness (QED) is 0.0575. The summed E-state index contributed by atoms with van der Waals surface area (Å²) >= 11 is 0. The third-order valence-electron chi connectivity index (χ3n) is 12.1. The van der Waals surface area contributed by atoms with Crippen LogP contribution in [0, 0.1) is 5.92 Å². The van der Waals surface area contributed by atoms with Crippen molar-refractivity contribution in [3.05, 3.63) is 54.1 Å². The summed E-state index contributed by atoms with van der Waals surface area (Å²) in [6.07, 6.45) is 14.0. The fourth-order valence-electron chi connectivity index (χ4n) is 8.57. The number of nitrogens with one attached hydrogen (secondary N) is 5. The molecule has 6 amide bonds. The smallest absolute Gasteiger partial charge is 0.394 e. The van der Waals surface area contributed by atoms with E-state index in [-0.39, 0.29) is 31.2 Å². The van der Waals surface area contributed by atoms with E-state index in [1.54, 1.807) is 0 Å². The Morgan fingerprint density at radius 2 is 1.61 bits per heavy atom. The SMILES string of the molecule is CC(=O)N1CCC[C@H]1C(=O)N[C@@H](CC(C)C)C(=O)N[C@H]1Cc2c[n+](cn2CCCCCCCCc2ccccc2)CCCCCCNC(=O)[C@H]([C@@H](C)OP(=O)(O)O)NC(=O)[C@H](CO)NC1=O. The van der Waals surface area contributed by atoms with Crippen LogP contribution in [0.15, 0.2) is 42.9 Å². The number of hydrogen-bond acceptors (Lipinski definition) is 9. The van der Waals surface area contributed by atoms with E-state index in [1.165, 1.54) is 24.3 Å². The Morgan fingerprint density at radius 3 is 2.29 bits per heavy atom. The van der Waals surface area contributed by atoms with Gasteiger partial charge in [0.25, 0.3) is 0 Å². The summed E-state index contributed by atoms with van der Waals surface area (Å²) in [4.78, 5) is 102. The fourth-order valence-corrected chi connectivity index (χ4v) is 9.13. The maximum absolute atomic E-state index is 14.4. The first kappa shape index (κ1) is 53.9. The van der Waals surface area contributed by atoms with Crippen molar-refractivity contribution in [1.29, 1.82) is 0 Å². The van der Waals surface area contributed by atoms with Gasteiger partial charge in [-0.3, -0.25) is 33.3 Å². The summed E-state index contributed by atoms with van der Waals surface area (Å²) in [5, 5.41) is 23.7. The van der Waals surface area contributed by atoms with Crippen molar-refractivity contribution in [3.8, 4) is 0 Å². The molecule has 2 aliphatic rings. The molecule has 4 rings (SSSR count). The van der Waals surface area contributed by atoms with Crippen LogP contribution in [-0.2, 0) is 63.8 Å². The molecule has 0 unspecified atom stereocenters. The van der Waals surface area contributed by atoms with E-state index in [4.69, 9.17) is 4.52 Å². The molecule has 19 nitrogen and oxygen atoms in total. The Bertz CT molecular complexity index is 1940. The zero-order chi connectivity index (χ0) is 48.2. The predicted octanol–water partition coefficient (Wildman–Crippen LogP) is 2.08. The monoisotopic (exact) mass is 946 g/mol. The van der Waals surface area contributed by atoms with Gasteiger partial charge < -0.3 is 46.4 Å². The third-order valence-corrected chi connectivity index (χ3v) is 12.7. The number of nitrogens with zero attached hydrogens (tertiary/aromatic N) is 3. The summed E-state index contributed by atoms with van der Waals surface area (Å²) in [6.45, 7) is 7.35. The van der Waals surface area contributed by atoms with Crippen LogP contribution in [0.1, 0.15) is 122 Å². The van der Waals surface area contributed by atoms with E-state index < -0.39 is 80.3 Å². The number of amides is 6. The summed E-state index contributed by atoms with van der Waals surface area (Å²) in [6, 6.07) is 3.98. The molecule has 1 aromatic carbocycles. The number of fused-ring (bicyclic) bond motifs is 2. The molecule has 1 aromatic heterocycles. The minimum Gasteiger partial charge on any atom is -0.394 e. The van der Waals surface area contributed by atoms with Gasteiger partial charge in [0.2, 0.25) is 41.8 Å². The van der Waals surface area contributed by atoms with E-state index in [2.05, 4.69) is 55.4 Å². The minimum atomic E-state index is -5.11. The molecule has 2 bridgehead atoms. The number of likely N-dealkylation sites (tertiary alicyclic amines) is 1. The Balaban J connectivity index is 1.60. The number of aromatic nitrogens is 2. The van der Waals surface area contributed by atoms with Gasteiger partial charge in [-0.1, -0.05) is 69.9 Å². The zero-order valence-corrected chi connectivity index (χ0v) is 40.0. The number of unbranched alkanes of at least 4 members (excludes halogenated alkanes) is 5.